The van der Waals surface area contributed by atoms with Crippen molar-refractivity contribution >= 4 is 5.82 Å². The highest BCUT2D eigenvalue weighted by Gasteiger charge is 2.25. The Morgan fingerprint density at radius 3 is 2.73 bits per heavy atom. The van der Waals surface area contributed by atoms with Crippen LogP contribution in [0.15, 0.2) is 12.3 Å². The molecular weight excluding hydrogens is 192 g/mol. The van der Waals surface area contributed by atoms with Crippen LogP contribution in [0.5, 0.6) is 11.5 Å². The number of anilines is 1. The summed E-state index contributed by atoms with van der Waals surface area (Å²) in [6.45, 7) is 3.94. The minimum absolute atomic E-state index is 0.108. The first kappa shape index (κ1) is 10.1. The Morgan fingerprint density at radius 2 is 2.13 bits per heavy atom. The Kier molecular flexibility index (Phi) is 2.66. The topological polar surface area (TPSA) is 57.4 Å². The highest BCUT2D eigenvalue weighted by molar-refractivity contribution is 5.46. The Morgan fingerprint density at radius 1 is 1.40 bits per heavy atom. The first-order valence-electron chi connectivity index (χ1n) is 5.24. The average molecular weight is 208 g/mol. The van der Waals surface area contributed by atoms with E-state index in [1.54, 1.807) is 12.3 Å². The second kappa shape index (κ2) is 3.96. The van der Waals surface area contributed by atoms with E-state index in [0.29, 0.717) is 23.4 Å². The fourth-order valence-corrected chi connectivity index (χ4v) is 1.24. The molecule has 0 atom stereocenters. The summed E-state index contributed by atoms with van der Waals surface area (Å²) in [7, 11) is 0. The van der Waals surface area contributed by atoms with Gasteiger partial charge in [0.25, 0.3) is 0 Å². The number of aromatic nitrogens is 1. The van der Waals surface area contributed by atoms with Gasteiger partial charge in [0.15, 0.2) is 11.5 Å². The van der Waals surface area contributed by atoms with Crippen molar-refractivity contribution in [1.82, 2.24) is 4.98 Å². The van der Waals surface area contributed by atoms with Crippen molar-refractivity contribution in [3.8, 4) is 11.5 Å². The van der Waals surface area contributed by atoms with Crippen molar-refractivity contribution in [2.24, 2.45) is 0 Å². The van der Waals surface area contributed by atoms with Crippen molar-refractivity contribution in [2.75, 3.05) is 5.73 Å². The third-order valence-corrected chi connectivity index (χ3v) is 2.03. The number of nitrogens with two attached hydrogens (primary N) is 1. The van der Waals surface area contributed by atoms with Crippen molar-refractivity contribution < 1.29 is 9.47 Å². The van der Waals surface area contributed by atoms with Gasteiger partial charge in [-0.3, -0.25) is 0 Å². The fourth-order valence-electron chi connectivity index (χ4n) is 1.24. The SMILES string of the molecule is CC(C)Oc1cnc(N)cc1OC1CC1. The second-order valence-corrected chi connectivity index (χ2v) is 4.04. The molecule has 0 spiro atoms. The summed E-state index contributed by atoms with van der Waals surface area (Å²) in [6, 6.07) is 1.72. The number of pyridine rings is 1. The lowest BCUT2D eigenvalue weighted by atomic mass is 10.4. The molecule has 4 heteroatoms. The number of hydrogen-bond acceptors (Lipinski definition) is 4. The molecule has 1 aromatic heterocycles. The molecule has 0 bridgehead atoms. The zero-order valence-electron chi connectivity index (χ0n) is 9.06. The quantitative estimate of drug-likeness (QED) is 0.822. The minimum atomic E-state index is 0.108. The summed E-state index contributed by atoms with van der Waals surface area (Å²) in [5.74, 6) is 1.84. The van der Waals surface area contributed by atoms with E-state index in [0.717, 1.165) is 12.8 Å². The first-order chi connectivity index (χ1) is 7.15. The van der Waals surface area contributed by atoms with Gasteiger partial charge >= 0.3 is 0 Å². The highest BCUT2D eigenvalue weighted by atomic mass is 16.5. The molecule has 1 fully saturated rings. The van der Waals surface area contributed by atoms with Crippen LogP contribution in [0.1, 0.15) is 26.7 Å². The molecule has 1 aliphatic rings. The van der Waals surface area contributed by atoms with Crippen LogP contribution in [0, 0.1) is 0 Å². The molecule has 2 rings (SSSR count). The van der Waals surface area contributed by atoms with Gasteiger partial charge in [0.2, 0.25) is 0 Å². The normalized spacial score (nSPS) is 15.4. The summed E-state index contributed by atoms with van der Waals surface area (Å²) < 4.78 is 11.3. The first-order valence-corrected chi connectivity index (χ1v) is 5.24. The zero-order chi connectivity index (χ0) is 10.8. The number of nitrogens with zero attached hydrogens (tertiary/aromatic N) is 1. The average Bonchev–Trinajstić information content (AvgIpc) is 2.93. The Labute approximate surface area is 89.4 Å². The number of rotatable bonds is 4. The molecule has 0 radical (unpaired) electrons. The lowest BCUT2D eigenvalue weighted by Gasteiger charge is -2.14. The molecule has 82 valence electrons. The lowest BCUT2D eigenvalue weighted by molar-refractivity contribution is 0.217. The molecule has 1 aliphatic carbocycles. The monoisotopic (exact) mass is 208 g/mol. The smallest absolute Gasteiger partial charge is 0.179 e. The highest BCUT2D eigenvalue weighted by Crippen LogP contribution is 2.34. The number of hydrogen-bond donors (Lipinski definition) is 1. The maximum absolute atomic E-state index is 5.69. The van der Waals surface area contributed by atoms with Gasteiger partial charge in [-0.2, -0.15) is 0 Å². The summed E-state index contributed by atoms with van der Waals surface area (Å²) in [6.07, 6.45) is 4.29. The van der Waals surface area contributed by atoms with Crippen LogP contribution in [-0.4, -0.2) is 17.2 Å². The molecule has 0 saturated heterocycles. The summed E-state index contributed by atoms with van der Waals surface area (Å²) in [5.41, 5.74) is 5.61. The number of nitrogen functional groups attached to an aromatic ring is 1. The van der Waals surface area contributed by atoms with Crippen LogP contribution in [-0.2, 0) is 0 Å². The van der Waals surface area contributed by atoms with Crippen LogP contribution in [0.3, 0.4) is 0 Å². The van der Waals surface area contributed by atoms with Gasteiger partial charge in [0.1, 0.15) is 5.82 Å². The van der Waals surface area contributed by atoms with Crippen molar-refractivity contribution in [2.45, 2.75) is 38.9 Å². The second-order valence-electron chi connectivity index (χ2n) is 4.04. The van der Waals surface area contributed by atoms with E-state index in [9.17, 15) is 0 Å². The van der Waals surface area contributed by atoms with E-state index in [4.69, 9.17) is 15.2 Å². The lowest BCUT2D eigenvalue weighted by Crippen LogP contribution is -2.09. The maximum atomic E-state index is 5.69. The molecule has 1 aromatic rings. The van der Waals surface area contributed by atoms with Crippen LogP contribution in [0.2, 0.25) is 0 Å². The zero-order valence-corrected chi connectivity index (χ0v) is 9.06. The summed E-state index contributed by atoms with van der Waals surface area (Å²) in [5, 5.41) is 0. The van der Waals surface area contributed by atoms with Crippen LogP contribution in [0.25, 0.3) is 0 Å². The van der Waals surface area contributed by atoms with Gasteiger partial charge < -0.3 is 15.2 Å². The van der Waals surface area contributed by atoms with Gasteiger partial charge in [0.05, 0.1) is 18.4 Å². The molecule has 2 N–H and O–H groups in total. The Balaban J connectivity index is 2.17. The van der Waals surface area contributed by atoms with E-state index >= 15 is 0 Å². The minimum Gasteiger partial charge on any atom is -0.486 e. The largest absolute Gasteiger partial charge is 0.486 e. The van der Waals surface area contributed by atoms with Crippen LogP contribution in [0.4, 0.5) is 5.82 Å². The molecule has 1 saturated carbocycles. The molecule has 0 aliphatic heterocycles. The van der Waals surface area contributed by atoms with E-state index in [1.165, 1.54) is 0 Å². The van der Waals surface area contributed by atoms with Crippen LogP contribution < -0.4 is 15.2 Å². The molecule has 4 nitrogen and oxygen atoms in total. The molecule has 15 heavy (non-hydrogen) atoms. The third kappa shape index (κ3) is 2.75. The van der Waals surface area contributed by atoms with Crippen molar-refractivity contribution in [3.05, 3.63) is 12.3 Å². The summed E-state index contributed by atoms with van der Waals surface area (Å²) >= 11 is 0. The maximum Gasteiger partial charge on any atom is 0.179 e. The van der Waals surface area contributed by atoms with Gasteiger partial charge in [-0.05, 0) is 26.7 Å². The van der Waals surface area contributed by atoms with Gasteiger partial charge in [0, 0.05) is 6.07 Å². The summed E-state index contributed by atoms with van der Waals surface area (Å²) in [4.78, 5) is 3.99. The Bertz CT molecular complexity index is 348. The molecule has 1 heterocycles. The molecular formula is C11H16N2O2. The van der Waals surface area contributed by atoms with Crippen molar-refractivity contribution in [1.29, 1.82) is 0 Å². The predicted octanol–water partition coefficient (Wildman–Crippen LogP) is 1.99. The number of ether oxygens (including phenoxy) is 2. The van der Waals surface area contributed by atoms with Crippen molar-refractivity contribution in [3.63, 3.8) is 0 Å². The van der Waals surface area contributed by atoms with E-state index in [1.807, 2.05) is 13.8 Å². The van der Waals surface area contributed by atoms with Crippen LogP contribution >= 0.6 is 0 Å². The van der Waals surface area contributed by atoms with E-state index < -0.39 is 0 Å². The van der Waals surface area contributed by atoms with Gasteiger partial charge in [-0.25, -0.2) is 4.98 Å². The molecule has 0 amide bonds. The predicted molar refractivity (Wildman–Crippen MR) is 58.1 cm³/mol. The molecule has 0 unspecified atom stereocenters. The fraction of sp³-hybridized carbons (Fsp3) is 0.545. The van der Waals surface area contributed by atoms with Gasteiger partial charge in [-0.15, -0.1) is 0 Å². The standard InChI is InChI=1S/C11H16N2O2/c1-7(2)14-10-6-13-11(12)5-9(10)15-8-3-4-8/h5-8H,3-4H2,1-2H3,(H2,12,13). The van der Waals surface area contributed by atoms with Gasteiger partial charge in [-0.1, -0.05) is 0 Å². The van der Waals surface area contributed by atoms with E-state index in [2.05, 4.69) is 4.98 Å². The molecule has 0 aromatic carbocycles. The third-order valence-electron chi connectivity index (χ3n) is 2.03. The van der Waals surface area contributed by atoms with E-state index in [-0.39, 0.29) is 6.10 Å². The Hall–Kier alpha value is -1.45.